The molecule has 134 valence electrons. The number of sulfonamides is 1. The average Bonchev–Trinajstić information content (AvgIpc) is 2.53. The molecule has 0 aliphatic carbocycles. The van der Waals surface area contributed by atoms with Crippen molar-refractivity contribution in [3.63, 3.8) is 0 Å². The van der Waals surface area contributed by atoms with Crippen LogP contribution in [0.4, 0.5) is 0 Å². The van der Waals surface area contributed by atoms with Crippen LogP contribution in [-0.2, 0) is 21.2 Å². The number of nitrogens with zero attached hydrogens (tertiary/aromatic N) is 1. The van der Waals surface area contributed by atoms with Gasteiger partial charge in [-0.1, -0.05) is 35.4 Å². The van der Waals surface area contributed by atoms with Crippen LogP contribution >= 0.6 is 11.6 Å². The molecule has 25 heavy (non-hydrogen) atoms. The highest BCUT2D eigenvalue weighted by molar-refractivity contribution is 7.89. The molecule has 0 spiro atoms. The fraction of sp³-hybridized carbons (Fsp3) is 0.278. The Labute approximate surface area is 152 Å². The maximum atomic E-state index is 12.7. The number of carboxylic acids is 1. The minimum atomic E-state index is -3.95. The van der Waals surface area contributed by atoms with Gasteiger partial charge in [0.2, 0.25) is 10.0 Å². The number of halogens is 1. The van der Waals surface area contributed by atoms with Crippen LogP contribution in [0.2, 0.25) is 5.02 Å². The van der Waals surface area contributed by atoms with Crippen LogP contribution in [0.3, 0.4) is 0 Å². The third-order valence-corrected chi connectivity index (χ3v) is 6.26. The van der Waals surface area contributed by atoms with Crippen LogP contribution in [0.1, 0.15) is 16.7 Å². The van der Waals surface area contributed by atoms with E-state index in [1.807, 2.05) is 32.0 Å². The van der Waals surface area contributed by atoms with Crippen LogP contribution in [0.15, 0.2) is 47.4 Å². The molecule has 1 atom stereocenters. The Morgan fingerprint density at radius 3 is 2.28 bits per heavy atom. The number of hydrogen-bond donors (Lipinski definition) is 1. The summed E-state index contributed by atoms with van der Waals surface area (Å²) in [6.45, 7) is 3.83. The number of rotatable bonds is 6. The zero-order valence-electron chi connectivity index (χ0n) is 14.2. The van der Waals surface area contributed by atoms with Gasteiger partial charge < -0.3 is 5.11 Å². The van der Waals surface area contributed by atoms with E-state index < -0.39 is 22.0 Å². The van der Waals surface area contributed by atoms with Gasteiger partial charge in [0, 0.05) is 12.1 Å². The van der Waals surface area contributed by atoms with Gasteiger partial charge in [0.15, 0.2) is 0 Å². The molecule has 0 saturated heterocycles. The molecule has 0 aromatic heterocycles. The predicted octanol–water partition coefficient (Wildman–Crippen LogP) is 3.27. The molecular weight excluding hydrogens is 362 g/mol. The maximum absolute atomic E-state index is 12.7. The van der Waals surface area contributed by atoms with Gasteiger partial charge in [0.25, 0.3) is 0 Å². The molecule has 2 aromatic carbocycles. The van der Waals surface area contributed by atoms with Crippen molar-refractivity contribution >= 4 is 27.6 Å². The van der Waals surface area contributed by atoms with Crippen LogP contribution < -0.4 is 0 Å². The molecule has 0 radical (unpaired) electrons. The first kappa shape index (κ1) is 19.4. The van der Waals surface area contributed by atoms with Gasteiger partial charge in [0.05, 0.1) is 4.90 Å². The highest BCUT2D eigenvalue weighted by atomic mass is 35.5. The molecule has 0 amide bonds. The van der Waals surface area contributed by atoms with Gasteiger partial charge in [-0.25, -0.2) is 8.42 Å². The van der Waals surface area contributed by atoms with E-state index in [0.29, 0.717) is 5.02 Å². The first-order valence-corrected chi connectivity index (χ1v) is 9.47. The van der Waals surface area contributed by atoms with E-state index in [1.165, 1.54) is 31.3 Å². The highest BCUT2D eigenvalue weighted by Gasteiger charge is 2.33. The summed E-state index contributed by atoms with van der Waals surface area (Å²) in [4.78, 5) is 11.7. The standard InChI is InChI=1S/C18H20ClNO4S/c1-12-4-5-14(13(2)10-12)11-17(18(21)22)20(3)25(23,24)16-8-6-15(19)7-9-16/h4-10,17H,11H2,1-3H3,(H,21,22)/t17-/m1/s1. The fourth-order valence-corrected chi connectivity index (χ4v) is 4.03. The normalized spacial score (nSPS) is 13.0. The summed E-state index contributed by atoms with van der Waals surface area (Å²) in [5.41, 5.74) is 2.80. The summed E-state index contributed by atoms with van der Waals surface area (Å²) in [7, 11) is -2.66. The molecule has 0 unspecified atom stereocenters. The van der Waals surface area contributed by atoms with Crippen molar-refractivity contribution in [1.29, 1.82) is 0 Å². The van der Waals surface area contributed by atoms with Crippen LogP contribution in [0.25, 0.3) is 0 Å². The van der Waals surface area contributed by atoms with Gasteiger partial charge in [-0.15, -0.1) is 0 Å². The zero-order valence-corrected chi connectivity index (χ0v) is 15.8. The number of hydrogen-bond acceptors (Lipinski definition) is 3. The molecule has 0 aliphatic rings. The van der Waals surface area contributed by atoms with Crippen molar-refractivity contribution in [3.05, 3.63) is 64.2 Å². The molecule has 5 nitrogen and oxygen atoms in total. The van der Waals surface area contributed by atoms with Crippen LogP contribution in [0.5, 0.6) is 0 Å². The van der Waals surface area contributed by atoms with Crippen molar-refractivity contribution < 1.29 is 18.3 Å². The molecule has 0 bridgehead atoms. The van der Waals surface area contributed by atoms with E-state index in [0.717, 1.165) is 21.0 Å². The lowest BCUT2D eigenvalue weighted by atomic mass is 9.99. The molecule has 2 rings (SSSR count). The Hall–Kier alpha value is -1.89. The minimum absolute atomic E-state index is 0.00581. The Morgan fingerprint density at radius 1 is 1.16 bits per heavy atom. The first-order valence-electron chi connectivity index (χ1n) is 7.65. The Balaban J connectivity index is 2.35. The second-order valence-electron chi connectivity index (χ2n) is 5.96. The van der Waals surface area contributed by atoms with Crippen molar-refractivity contribution in [2.45, 2.75) is 31.2 Å². The van der Waals surface area contributed by atoms with E-state index in [-0.39, 0.29) is 11.3 Å². The zero-order chi connectivity index (χ0) is 18.8. The molecule has 2 aromatic rings. The van der Waals surface area contributed by atoms with Gasteiger partial charge in [0.1, 0.15) is 6.04 Å². The number of benzene rings is 2. The summed E-state index contributed by atoms with van der Waals surface area (Å²) >= 11 is 5.79. The minimum Gasteiger partial charge on any atom is -0.480 e. The predicted molar refractivity (Wildman–Crippen MR) is 97.4 cm³/mol. The smallest absolute Gasteiger partial charge is 0.322 e. The lowest BCUT2D eigenvalue weighted by Gasteiger charge is -2.25. The Bertz CT molecular complexity index is 878. The monoisotopic (exact) mass is 381 g/mol. The topological polar surface area (TPSA) is 74.7 Å². The van der Waals surface area contributed by atoms with Gasteiger partial charge in [-0.3, -0.25) is 4.79 Å². The molecule has 7 heteroatoms. The summed E-state index contributed by atoms with van der Waals surface area (Å²) in [5.74, 6) is -1.19. The van der Waals surface area contributed by atoms with E-state index >= 15 is 0 Å². The molecule has 0 saturated carbocycles. The third kappa shape index (κ3) is 4.39. The lowest BCUT2D eigenvalue weighted by Crippen LogP contribution is -2.43. The number of carboxylic acid groups (broad SMARTS) is 1. The second kappa shape index (κ2) is 7.56. The van der Waals surface area contributed by atoms with E-state index in [4.69, 9.17) is 11.6 Å². The number of carbonyl (C=O) groups is 1. The molecule has 0 aliphatic heterocycles. The van der Waals surface area contributed by atoms with E-state index in [9.17, 15) is 18.3 Å². The molecule has 1 N–H and O–H groups in total. The van der Waals surface area contributed by atoms with Crippen molar-refractivity contribution in [1.82, 2.24) is 4.31 Å². The fourth-order valence-electron chi connectivity index (χ4n) is 2.59. The van der Waals surface area contributed by atoms with Crippen LogP contribution in [-0.4, -0.2) is 36.9 Å². The molecule has 0 heterocycles. The molecular formula is C18H20ClNO4S. The maximum Gasteiger partial charge on any atom is 0.322 e. The van der Waals surface area contributed by atoms with E-state index in [1.54, 1.807) is 0 Å². The largest absolute Gasteiger partial charge is 0.480 e. The van der Waals surface area contributed by atoms with Gasteiger partial charge in [-0.2, -0.15) is 4.31 Å². The van der Waals surface area contributed by atoms with Gasteiger partial charge in [-0.05, 0) is 55.7 Å². The van der Waals surface area contributed by atoms with Crippen molar-refractivity contribution in [3.8, 4) is 0 Å². The van der Waals surface area contributed by atoms with E-state index in [2.05, 4.69) is 0 Å². The number of likely N-dealkylation sites (N-methyl/N-ethyl adjacent to an activating group) is 1. The first-order chi connectivity index (χ1) is 11.6. The molecule has 0 fully saturated rings. The summed E-state index contributed by atoms with van der Waals surface area (Å²) < 4.78 is 26.4. The van der Waals surface area contributed by atoms with Crippen LogP contribution in [0, 0.1) is 13.8 Å². The van der Waals surface area contributed by atoms with Crippen molar-refractivity contribution in [2.24, 2.45) is 0 Å². The quantitative estimate of drug-likeness (QED) is 0.833. The van der Waals surface area contributed by atoms with Crippen molar-refractivity contribution in [2.75, 3.05) is 7.05 Å². The highest BCUT2D eigenvalue weighted by Crippen LogP contribution is 2.22. The van der Waals surface area contributed by atoms with Gasteiger partial charge >= 0.3 is 5.97 Å². The number of aliphatic carboxylic acids is 1. The summed E-state index contributed by atoms with van der Waals surface area (Å²) in [5, 5.41) is 9.99. The summed E-state index contributed by atoms with van der Waals surface area (Å²) in [6, 6.07) is 10.1. The number of aryl methyl sites for hydroxylation is 2. The SMILES string of the molecule is Cc1ccc(C[C@H](C(=O)O)N(C)S(=O)(=O)c2ccc(Cl)cc2)c(C)c1. The second-order valence-corrected chi connectivity index (χ2v) is 8.40. The third-order valence-electron chi connectivity index (χ3n) is 4.13. The Morgan fingerprint density at radius 2 is 1.76 bits per heavy atom. The Kier molecular flexibility index (Phi) is 5.87. The summed E-state index contributed by atoms with van der Waals surface area (Å²) in [6.07, 6.45) is 0.0881. The average molecular weight is 382 g/mol. The lowest BCUT2D eigenvalue weighted by molar-refractivity contribution is -0.141.